The molecule has 3 atom stereocenters. The van der Waals surface area contributed by atoms with Crippen LogP contribution in [0.5, 0.6) is 0 Å². The molecule has 0 aromatic heterocycles. The van der Waals surface area contributed by atoms with Gasteiger partial charge in [0.2, 0.25) is 5.91 Å². The van der Waals surface area contributed by atoms with Crippen molar-refractivity contribution in [3.8, 4) is 0 Å². The van der Waals surface area contributed by atoms with Crippen LogP contribution in [-0.2, 0) is 14.3 Å². The summed E-state index contributed by atoms with van der Waals surface area (Å²) in [5.74, 6) is 0.273. The molecule has 0 aromatic rings. The minimum absolute atomic E-state index is 0.0229. The van der Waals surface area contributed by atoms with Gasteiger partial charge in [0, 0.05) is 25.0 Å². The number of carbonyl (C=O) groups excluding carboxylic acids is 2. The highest BCUT2D eigenvalue weighted by Gasteiger charge is 2.72. The topological polar surface area (TPSA) is 55.4 Å². The maximum absolute atomic E-state index is 12.7. The minimum atomic E-state index is -0.527. The molecule has 19 heavy (non-hydrogen) atoms. The minimum Gasteiger partial charge on any atom is -0.383 e. The number of fused-ring (bicyclic) bond motifs is 2. The maximum Gasteiger partial charge on any atom is 0.227 e. The number of rotatable bonds is 4. The zero-order valence-corrected chi connectivity index (χ0v) is 12.6. The lowest BCUT2D eigenvalue weighted by atomic mass is 9.64. The molecule has 2 aliphatic rings. The molecule has 0 aliphatic heterocycles. The Morgan fingerprint density at radius 2 is 2.00 bits per heavy atom. The Hall–Kier alpha value is -0.900. The Morgan fingerprint density at radius 3 is 2.42 bits per heavy atom. The molecule has 108 valence electrons. The number of ketones is 1. The van der Waals surface area contributed by atoms with Gasteiger partial charge in [-0.25, -0.2) is 0 Å². The molecular formula is C15H25NO3. The first kappa shape index (κ1) is 14.5. The Labute approximate surface area is 115 Å². The van der Waals surface area contributed by atoms with Gasteiger partial charge in [-0.15, -0.1) is 0 Å². The van der Waals surface area contributed by atoms with Gasteiger partial charge in [-0.1, -0.05) is 20.8 Å². The van der Waals surface area contributed by atoms with E-state index < -0.39 is 5.41 Å². The Balaban J connectivity index is 2.24. The second-order valence-electron chi connectivity index (χ2n) is 6.97. The summed E-state index contributed by atoms with van der Waals surface area (Å²) in [4.78, 5) is 25.0. The van der Waals surface area contributed by atoms with Gasteiger partial charge < -0.3 is 10.1 Å². The SMILES string of the molecule is COCC(C)NC(=O)C12CCC(C)(C(=O)C1)C2(C)C. The van der Waals surface area contributed by atoms with Crippen LogP contribution in [0.1, 0.15) is 47.0 Å². The summed E-state index contributed by atoms with van der Waals surface area (Å²) < 4.78 is 5.06. The lowest BCUT2D eigenvalue weighted by Gasteiger charge is -2.39. The van der Waals surface area contributed by atoms with Crippen molar-refractivity contribution in [2.45, 2.75) is 53.0 Å². The van der Waals surface area contributed by atoms with Crippen LogP contribution in [0, 0.1) is 16.2 Å². The third-order valence-corrected chi connectivity index (χ3v) is 5.93. The predicted molar refractivity (Wildman–Crippen MR) is 72.7 cm³/mol. The number of methoxy groups -OCH3 is 1. The van der Waals surface area contributed by atoms with Crippen LogP contribution < -0.4 is 5.32 Å². The molecule has 3 unspecified atom stereocenters. The van der Waals surface area contributed by atoms with Crippen molar-refractivity contribution in [2.24, 2.45) is 16.2 Å². The summed E-state index contributed by atoms with van der Waals surface area (Å²) >= 11 is 0. The van der Waals surface area contributed by atoms with E-state index in [-0.39, 0.29) is 28.6 Å². The average molecular weight is 267 g/mol. The van der Waals surface area contributed by atoms with Crippen molar-refractivity contribution in [2.75, 3.05) is 13.7 Å². The standard InChI is InChI=1S/C15H25NO3/c1-10(9-19-5)16-12(18)15-7-6-14(4,11(17)8-15)13(15,2)3/h10H,6-9H2,1-5H3,(H,16,18). The molecule has 0 spiro atoms. The summed E-state index contributed by atoms with van der Waals surface area (Å²) in [6.45, 7) is 8.59. The monoisotopic (exact) mass is 267 g/mol. The van der Waals surface area contributed by atoms with Gasteiger partial charge in [0.25, 0.3) is 0 Å². The number of carbonyl (C=O) groups is 2. The Bertz CT molecular complexity index is 418. The fourth-order valence-electron chi connectivity index (χ4n) is 4.01. The molecule has 2 rings (SSSR count). The summed E-state index contributed by atoms with van der Waals surface area (Å²) in [7, 11) is 1.62. The number of amides is 1. The lowest BCUT2D eigenvalue weighted by Crippen LogP contribution is -2.50. The van der Waals surface area contributed by atoms with E-state index in [2.05, 4.69) is 19.2 Å². The average Bonchev–Trinajstić information content (AvgIpc) is 2.59. The molecule has 4 nitrogen and oxygen atoms in total. The second-order valence-corrected chi connectivity index (χ2v) is 6.97. The molecule has 2 saturated carbocycles. The third-order valence-electron chi connectivity index (χ3n) is 5.93. The van der Waals surface area contributed by atoms with E-state index in [1.54, 1.807) is 7.11 Å². The number of ether oxygens (including phenoxy) is 1. The fourth-order valence-corrected chi connectivity index (χ4v) is 4.01. The van der Waals surface area contributed by atoms with Crippen molar-refractivity contribution in [1.82, 2.24) is 5.32 Å². The first-order chi connectivity index (χ1) is 8.71. The molecule has 0 saturated heterocycles. The molecule has 0 heterocycles. The van der Waals surface area contributed by atoms with E-state index in [0.717, 1.165) is 12.8 Å². The molecular weight excluding hydrogens is 242 g/mol. The van der Waals surface area contributed by atoms with Gasteiger partial charge in [-0.05, 0) is 25.2 Å². The molecule has 2 bridgehead atoms. The second kappa shape index (κ2) is 4.30. The molecule has 0 aromatic carbocycles. The van der Waals surface area contributed by atoms with Gasteiger partial charge in [0.05, 0.1) is 12.0 Å². The fraction of sp³-hybridized carbons (Fsp3) is 0.867. The molecule has 2 fully saturated rings. The zero-order chi connectivity index (χ0) is 14.5. The Morgan fingerprint density at radius 1 is 1.37 bits per heavy atom. The smallest absolute Gasteiger partial charge is 0.227 e. The summed E-state index contributed by atoms with van der Waals surface area (Å²) in [6, 6.07) is -0.0229. The molecule has 1 amide bonds. The van der Waals surface area contributed by atoms with E-state index in [1.165, 1.54) is 0 Å². The summed E-state index contributed by atoms with van der Waals surface area (Å²) in [5.41, 5.74) is -1.14. The van der Waals surface area contributed by atoms with E-state index in [4.69, 9.17) is 4.74 Å². The van der Waals surface area contributed by atoms with Crippen molar-refractivity contribution in [3.63, 3.8) is 0 Å². The van der Waals surface area contributed by atoms with Crippen molar-refractivity contribution in [1.29, 1.82) is 0 Å². The van der Waals surface area contributed by atoms with Crippen molar-refractivity contribution in [3.05, 3.63) is 0 Å². The van der Waals surface area contributed by atoms with Crippen LogP contribution in [0.25, 0.3) is 0 Å². The van der Waals surface area contributed by atoms with E-state index in [1.807, 2.05) is 13.8 Å². The molecule has 4 heteroatoms. The first-order valence-corrected chi connectivity index (χ1v) is 7.04. The zero-order valence-electron chi connectivity index (χ0n) is 12.6. The maximum atomic E-state index is 12.7. The number of hydrogen-bond acceptors (Lipinski definition) is 3. The third kappa shape index (κ3) is 1.69. The highest BCUT2D eigenvalue weighted by Crippen LogP contribution is 2.70. The number of Topliss-reactive ketones (excluding diaryl/α,β-unsaturated/α-hetero) is 1. The van der Waals surface area contributed by atoms with Crippen molar-refractivity contribution >= 4 is 11.7 Å². The highest BCUT2D eigenvalue weighted by molar-refractivity contribution is 5.99. The number of nitrogens with one attached hydrogen (secondary N) is 1. The Kier molecular flexibility index (Phi) is 3.28. The summed E-state index contributed by atoms with van der Waals surface area (Å²) in [5, 5.41) is 3.02. The molecule has 1 N–H and O–H groups in total. The van der Waals surface area contributed by atoms with Crippen LogP contribution in [0.3, 0.4) is 0 Å². The molecule has 2 aliphatic carbocycles. The van der Waals surface area contributed by atoms with Gasteiger partial charge in [-0.2, -0.15) is 0 Å². The van der Waals surface area contributed by atoms with Gasteiger partial charge >= 0.3 is 0 Å². The quantitative estimate of drug-likeness (QED) is 0.846. The largest absolute Gasteiger partial charge is 0.383 e. The molecule has 0 radical (unpaired) electrons. The van der Waals surface area contributed by atoms with Crippen LogP contribution in [0.15, 0.2) is 0 Å². The van der Waals surface area contributed by atoms with Crippen LogP contribution in [0.4, 0.5) is 0 Å². The van der Waals surface area contributed by atoms with Gasteiger partial charge in [-0.3, -0.25) is 9.59 Å². The van der Waals surface area contributed by atoms with E-state index >= 15 is 0 Å². The predicted octanol–water partition coefficient (Wildman–Crippen LogP) is 1.92. The normalized spacial score (nSPS) is 37.4. The van der Waals surface area contributed by atoms with Crippen LogP contribution in [-0.4, -0.2) is 31.4 Å². The first-order valence-electron chi connectivity index (χ1n) is 7.04. The van der Waals surface area contributed by atoms with Crippen molar-refractivity contribution < 1.29 is 14.3 Å². The highest BCUT2D eigenvalue weighted by atomic mass is 16.5. The number of hydrogen-bond donors (Lipinski definition) is 1. The van der Waals surface area contributed by atoms with Crippen LogP contribution in [0.2, 0.25) is 0 Å². The van der Waals surface area contributed by atoms with Crippen LogP contribution >= 0.6 is 0 Å². The van der Waals surface area contributed by atoms with Gasteiger partial charge in [0.1, 0.15) is 5.78 Å². The van der Waals surface area contributed by atoms with E-state index in [9.17, 15) is 9.59 Å². The van der Waals surface area contributed by atoms with Gasteiger partial charge in [0.15, 0.2) is 0 Å². The summed E-state index contributed by atoms with van der Waals surface area (Å²) in [6.07, 6.45) is 2.03. The van der Waals surface area contributed by atoms with E-state index in [0.29, 0.717) is 13.0 Å². The lowest BCUT2D eigenvalue weighted by molar-refractivity contribution is -0.137.